The summed E-state index contributed by atoms with van der Waals surface area (Å²) in [5, 5.41) is 9.16. The van der Waals surface area contributed by atoms with Crippen LogP contribution < -0.4 is 0 Å². The van der Waals surface area contributed by atoms with Crippen LogP contribution in [0.25, 0.3) is 0 Å². The Kier molecular flexibility index (Phi) is 4.64. The van der Waals surface area contributed by atoms with Gasteiger partial charge in [-0.15, -0.1) is 0 Å². The van der Waals surface area contributed by atoms with Crippen molar-refractivity contribution in [2.45, 2.75) is 45.6 Å². The van der Waals surface area contributed by atoms with Gasteiger partial charge in [-0.2, -0.15) is 0 Å². The van der Waals surface area contributed by atoms with Crippen molar-refractivity contribution in [1.29, 1.82) is 0 Å². The fraction of sp³-hybridized carbons (Fsp3) is 0.647. The number of aliphatic hydroxyl groups is 1. The molecule has 0 aromatic heterocycles. The number of piperidine rings is 1. The minimum absolute atomic E-state index is 0.234. The Labute approximate surface area is 117 Å². The summed E-state index contributed by atoms with van der Waals surface area (Å²) in [6.07, 6.45) is 2.27. The van der Waals surface area contributed by atoms with E-state index in [9.17, 15) is 0 Å². The smallest absolute Gasteiger partial charge is 0.0460 e. The Morgan fingerprint density at radius 2 is 1.68 bits per heavy atom. The minimum Gasteiger partial charge on any atom is -0.396 e. The molecule has 1 fully saturated rings. The van der Waals surface area contributed by atoms with E-state index in [2.05, 4.69) is 49.9 Å². The molecule has 1 aromatic rings. The van der Waals surface area contributed by atoms with Crippen LogP contribution in [-0.4, -0.2) is 29.7 Å². The van der Waals surface area contributed by atoms with Gasteiger partial charge in [-0.3, -0.25) is 4.90 Å². The maximum atomic E-state index is 9.16. The van der Waals surface area contributed by atoms with Gasteiger partial charge in [0.2, 0.25) is 0 Å². The maximum absolute atomic E-state index is 9.16. The quantitative estimate of drug-likeness (QED) is 0.903. The average Bonchev–Trinajstić information content (AvgIpc) is 2.39. The summed E-state index contributed by atoms with van der Waals surface area (Å²) in [5.74, 6) is 0.527. The molecule has 2 rings (SSSR count). The number of nitrogens with zero attached hydrogens (tertiary/aromatic N) is 1. The molecule has 1 heterocycles. The molecular weight excluding hydrogens is 234 g/mol. The lowest BCUT2D eigenvalue weighted by atomic mass is 9.86. The molecule has 0 saturated carbocycles. The van der Waals surface area contributed by atoms with E-state index in [1.54, 1.807) is 0 Å². The first kappa shape index (κ1) is 14.5. The molecule has 1 aromatic carbocycles. The standard InChI is InChI=1S/C17H27NO/c1-17(2,3)16-6-4-14(5-7-16)12-18-10-8-15(13-19)9-11-18/h4-7,15,19H,8-13H2,1-3H3. The lowest BCUT2D eigenvalue weighted by Gasteiger charge is -2.31. The van der Waals surface area contributed by atoms with Crippen LogP contribution in [0.3, 0.4) is 0 Å². The second-order valence-electron chi connectivity index (χ2n) is 6.85. The van der Waals surface area contributed by atoms with Crippen LogP contribution in [0.5, 0.6) is 0 Å². The highest BCUT2D eigenvalue weighted by molar-refractivity contribution is 5.27. The lowest BCUT2D eigenvalue weighted by molar-refractivity contribution is 0.127. The Morgan fingerprint density at radius 3 is 2.16 bits per heavy atom. The highest BCUT2D eigenvalue weighted by atomic mass is 16.3. The molecule has 1 saturated heterocycles. The van der Waals surface area contributed by atoms with E-state index in [4.69, 9.17) is 5.11 Å². The fourth-order valence-corrected chi connectivity index (χ4v) is 2.70. The molecule has 1 aliphatic rings. The van der Waals surface area contributed by atoms with Crippen LogP contribution in [-0.2, 0) is 12.0 Å². The van der Waals surface area contributed by atoms with Gasteiger partial charge in [-0.1, -0.05) is 45.0 Å². The van der Waals surface area contributed by atoms with E-state index in [1.165, 1.54) is 11.1 Å². The van der Waals surface area contributed by atoms with Crippen molar-refractivity contribution < 1.29 is 5.11 Å². The van der Waals surface area contributed by atoms with E-state index in [0.717, 1.165) is 32.5 Å². The molecule has 2 nitrogen and oxygen atoms in total. The zero-order valence-corrected chi connectivity index (χ0v) is 12.5. The molecule has 1 aliphatic heterocycles. The minimum atomic E-state index is 0.234. The number of hydrogen-bond acceptors (Lipinski definition) is 2. The molecule has 0 unspecified atom stereocenters. The van der Waals surface area contributed by atoms with Crippen molar-refractivity contribution in [3.05, 3.63) is 35.4 Å². The summed E-state index contributed by atoms with van der Waals surface area (Å²) in [6, 6.07) is 9.04. The number of likely N-dealkylation sites (tertiary alicyclic amines) is 1. The monoisotopic (exact) mass is 261 g/mol. The predicted molar refractivity (Wildman–Crippen MR) is 80.2 cm³/mol. The van der Waals surface area contributed by atoms with Gasteiger partial charge in [-0.05, 0) is 48.4 Å². The van der Waals surface area contributed by atoms with Crippen LogP contribution in [0.4, 0.5) is 0 Å². The molecular formula is C17H27NO. The Balaban J connectivity index is 1.90. The summed E-state index contributed by atoms with van der Waals surface area (Å²) < 4.78 is 0. The van der Waals surface area contributed by atoms with E-state index >= 15 is 0 Å². The second kappa shape index (κ2) is 6.06. The first-order valence-electron chi connectivity index (χ1n) is 7.41. The SMILES string of the molecule is CC(C)(C)c1ccc(CN2CCC(CO)CC2)cc1. The Bertz CT molecular complexity index is 383. The highest BCUT2D eigenvalue weighted by Gasteiger charge is 2.18. The second-order valence-corrected chi connectivity index (χ2v) is 6.85. The van der Waals surface area contributed by atoms with E-state index in [-0.39, 0.29) is 5.41 Å². The predicted octanol–water partition coefficient (Wildman–Crippen LogP) is 3.19. The van der Waals surface area contributed by atoms with Crippen molar-refractivity contribution in [3.8, 4) is 0 Å². The lowest BCUT2D eigenvalue weighted by Crippen LogP contribution is -2.34. The number of aliphatic hydroxyl groups excluding tert-OH is 1. The summed E-state index contributed by atoms with van der Waals surface area (Å²) in [7, 11) is 0. The summed E-state index contributed by atoms with van der Waals surface area (Å²) in [5.41, 5.74) is 3.03. The Hall–Kier alpha value is -0.860. The van der Waals surface area contributed by atoms with Crippen molar-refractivity contribution in [1.82, 2.24) is 4.90 Å². The largest absolute Gasteiger partial charge is 0.396 e. The molecule has 0 aliphatic carbocycles. The summed E-state index contributed by atoms with van der Waals surface area (Å²) in [4.78, 5) is 2.50. The fourth-order valence-electron chi connectivity index (χ4n) is 2.70. The van der Waals surface area contributed by atoms with E-state index in [1.807, 2.05) is 0 Å². The molecule has 0 bridgehead atoms. The summed E-state index contributed by atoms with van der Waals surface area (Å²) >= 11 is 0. The van der Waals surface area contributed by atoms with E-state index < -0.39 is 0 Å². The van der Waals surface area contributed by atoms with Crippen LogP contribution in [0, 0.1) is 5.92 Å². The molecule has 0 atom stereocenters. The Morgan fingerprint density at radius 1 is 1.11 bits per heavy atom. The molecule has 0 spiro atoms. The number of hydrogen-bond donors (Lipinski definition) is 1. The third kappa shape index (κ3) is 4.05. The van der Waals surface area contributed by atoms with Crippen LogP contribution in [0.15, 0.2) is 24.3 Å². The molecule has 2 heteroatoms. The molecule has 19 heavy (non-hydrogen) atoms. The summed E-state index contributed by atoms with van der Waals surface area (Å²) in [6.45, 7) is 10.4. The maximum Gasteiger partial charge on any atom is 0.0460 e. The van der Waals surface area contributed by atoms with Gasteiger partial charge in [0, 0.05) is 13.2 Å². The third-order valence-electron chi connectivity index (χ3n) is 4.19. The molecule has 106 valence electrons. The average molecular weight is 261 g/mol. The topological polar surface area (TPSA) is 23.5 Å². The first-order valence-corrected chi connectivity index (χ1v) is 7.41. The third-order valence-corrected chi connectivity index (χ3v) is 4.19. The molecule has 0 amide bonds. The van der Waals surface area contributed by atoms with Gasteiger partial charge < -0.3 is 5.11 Å². The number of benzene rings is 1. The van der Waals surface area contributed by atoms with Gasteiger partial charge in [0.1, 0.15) is 0 Å². The highest BCUT2D eigenvalue weighted by Crippen LogP contribution is 2.23. The van der Waals surface area contributed by atoms with Crippen LogP contribution in [0.1, 0.15) is 44.7 Å². The molecule has 1 N–H and O–H groups in total. The van der Waals surface area contributed by atoms with Gasteiger partial charge >= 0.3 is 0 Å². The van der Waals surface area contributed by atoms with Gasteiger partial charge in [0.25, 0.3) is 0 Å². The van der Waals surface area contributed by atoms with Crippen molar-refractivity contribution in [2.24, 2.45) is 5.92 Å². The molecule has 0 radical (unpaired) electrons. The zero-order chi connectivity index (χ0) is 13.9. The van der Waals surface area contributed by atoms with Crippen molar-refractivity contribution in [3.63, 3.8) is 0 Å². The van der Waals surface area contributed by atoms with Gasteiger partial charge in [0.05, 0.1) is 0 Å². The van der Waals surface area contributed by atoms with Gasteiger partial charge in [-0.25, -0.2) is 0 Å². The zero-order valence-electron chi connectivity index (χ0n) is 12.5. The van der Waals surface area contributed by atoms with E-state index in [0.29, 0.717) is 12.5 Å². The van der Waals surface area contributed by atoms with Crippen molar-refractivity contribution >= 4 is 0 Å². The normalized spacial score (nSPS) is 18.7. The van der Waals surface area contributed by atoms with Gasteiger partial charge in [0.15, 0.2) is 0 Å². The van der Waals surface area contributed by atoms with Crippen LogP contribution >= 0.6 is 0 Å². The first-order chi connectivity index (χ1) is 8.99. The number of rotatable bonds is 3. The van der Waals surface area contributed by atoms with Crippen molar-refractivity contribution in [2.75, 3.05) is 19.7 Å². The van der Waals surface area contributed by atoms with Crippen LogP contribution in [0.2, 0.25) is 0 Å².